The highest BCUT2D eigenvalue weighted by Gasteiger charge is 2.42. The van der Waals surface area contributed by atoms with E-state index in [2.05, 4.69) is 4.98 Å². The van der Waals surface area contributed by atoms with Crippen LogP contribution in [0.2, 0.25) is 0 Å². The fraction of sp³-hybridized carbons (Fsp3) is 0.538. The summed E-state index contributed by atoms with van der Waals surface area (Å²) in [5, 5.41) is 8.39. The molecule has 4 nitrogen and oxygen atoms in total. The molecule has 10 heteroatoms. The number of alkyl halides is 5. The zero-order valence-corrected chi connectivity index (χ0v) is 13.2. The fourth-order valence-electron chi connectivity index (χ4n) is 2.02. The molecule has 0 saturated heterocycles. The van der Waals surface area contributed by atoms with Gasteiger partial charge in [-0.25, -0.2) is 18.6 Å². The molecule has 1 aromatic rings. The monoisotopic (exact) mass is 359 g/mol. The van der Waals surface area contributed by atoms with Crippen molar-refractivity contribution in [2.45, 2.75) is 49.9 Å². The molecular weight excluding hydrogens is 345 g/mol. The maximum atomic E-state index is 13.2. The van der Waals surface area contributed by atoms with Crippen LogP contribution in [0.15, 0.2) is 4.90 Å². The highest BCUT2D eigenvalue weighted by molar-refractivity contribution is 7.85. The number of aromatic nitrogens is 1. The summed E-state index contributed by atoms with van der Waals surface area (Å²) in [6.45, 7) is 4.14. The highest BCUT2D eigenvalue weighted by atomic mass is 32.2. The molecule has 130 valence electrons. The van der Waals surface area contributed by atoms with E-state index < -0.39 is 62.0 Å². The number of nitrogens with zero attached hydrogens (tertiary/aromatic N) is 1. The fourth-order valence-corrected chi connectivity index (χ4v) is 3.32. The van der Waals surface area contributed by atoms with Gasteiger partial charge in [0.15, 0.2) is 5.69 Å². The van der Waals surface area contributed by atoms with Crippen LogP contribution in [-0.4, -0.2) is 25.5 Å². The van der Waals surface area contributed by atoms with Gasteiger partial charge in [-0.3, -0.25) is 4.21 Å². The van der Waals surface area contributed by atoms with Crippen LogP contribution in [-0.2, 0) is 23.4 Å². The molecule has 23 heavy (non-hydrogen) atoms. The van der Waals surface area contributed by atoms with Gasteiger partial charge in [0.1, 0.15) is 5.69 Å². The number of carboxylic acid groups (broad SMARTS) is 1. The van der Waals surface area contributed by atoms with Gasteiger partial charge in [0.05, 0.1) is 21.3 Å². The first kappa shape index (κ1) is 19.5. The van der Waals surface area contributed by atoms with Crippen molar-refractivity contribution >= 4 is 16.8 Å². The number of aromatic carboxylic acids is 1. The first-order valence-corrected chi connectivity index (χ1v) is 7.70. The van der Waals surface area contributed by atoms with Crippen molar-refractivity contribution in [2.75, 3.05) is 0 Å². The van der Waals surface area contributed by atoms with Crippen molar-refractivity contribution in [3.63, 3.8) is 0 Å². The Hall–Kier alpha value is -1.58. The standard InChI is InChI=1S/C13H14F5NO3S/c1-4-6-7(12(20)21)10(13(16,17)18)19-8(11(14)15)9(6)23(22)5(2)3/h5,11H,4H2,1-3H3,(H,20,21). The number of hydrogen-bond donors (Lipinski definition) is 1. The summed E-state index contributed by atoms with van der Waals surface area (Å²) < 4.78 is 77.6. The summed E-state index contributed by atoms with van der Waals surface area (Å²) in [4.78, 5) is 13.5. The largest absolute Gasteiger partial charge is 0.478 e. The van der Waals surface area contributed by atoms with Crippen molar-refractivity contribution in [1.82, 2.24) is 4.98 Å². The van der Waals surface area contributed by atoms with Crippen LogP contribution in [0.5, 0.6) is 0 Å². The minimum absolute atomic E-state index is 0.305. The summed E-state index contributed by atoms with van der Waals surface area (Å²) in [6.07, 6.45) is -8.94. The van der Waals surface area contributed by atoms with Gasteiger partial charge in [-0.05, 0) is 12.0 Å². The van der Waals surface area contributed by atoms with Crippen molar-refractivity contribution in [3.05, 3.63) is 22.5 Å². The molecule has 0 aromatic carbocycles. The lowest BCUT2D eigenvalue weighted by Crippen LogP contribution is -2.23. The zero-order chi connectivity index (χ0) is 18.1. The third-order valence-corrected chi connectivity index (χ3v) is 4.66. The minimum Gasteiger partial charge on any atom is -0.478 e. The molecular formula is C13H14F5NO3S. The van der Waals surface area contributed by atoms with Gasteiger partial charge < -0.3 is 5.11 Å². The molecule has 0 radical (unpaired) electrons. The van der Waals surface area contributed by atoms with E-state index in [1.54, 1.807) is 0 Å². The second-order valence-corrected chi connectivity index (χ2v) is 6.78. The van der Waals surface area contributed by atoms with Gasteiger partial charge >= 0.3 is 12.1 Å². The van der Waals surface area contributed by atoms with E-state index in [9.17, 15) is 31.0 Å². The third-order valence-electron chi connectivity index (χ3n) is 2.95. The molecule has 1 atom stereocenters. The molecule has 0 spiro atoms. The van der Waals surface area contributed by atoms with E-state index in [0.717, 1.165) is 0 Å². The van der Waals surface area contributed by atoms with Crippen molar-refractivity contribution in [3.8, 4) is 0 Å². The van der Waals surface area contributed by atoms with Crippen LogP contribution in [0.1, 0.15) is 54.5 Å². The van der Waals surface area contributed by atoms with Gasteiger partial charge in [-0.1, -0.05) is 20.8 Å². The topological polar surface area (TPSA) is 67.3 Å². The Morgan fingerprint density at radius 1 is 1.30 bits per heavy atom. The van der Waals surface area contributed by atoms with E-state index in [1.165, 1.54) is 20.8 Å². The lowest BCUT2D eigenvalue weighted by Gasteiger charge is -2.20. The van der Waals surface area contributed by atoms with Crippen molar-refractivity contribution in [2.24, 2.45) is 0 Å². The van der Waals surface area contributed by atoms with E-state index in [0.29, 0.717) is 0 Å². The maximum absolute atomic E-state index is 13.2. The molecule has 0 bridgehead atoms. The first-order chi connectivity index (χ1) is 10.4. The Morgan fingerprint density at radius 2 is 1.83 bits per heavy atom. The smallest absolute Gasteiger partial charge is 0.434 e. The molecule has 0 amide bonds. The van der Waals surface area contributed by atoms with Crippen LogP contribution in [0.3, 0.4) is 0 Å². The van der Waals surface area contributed by atoms with E-state index in [-0.39, 0.29) is 6.42 Å². The average Bonchev–Trinajstić information content (AvgIpc) is 2.42. The Bertz CT molecular complexity index is 643. The normalized spacial score (nSPS) is 13.7. The predicted octanol–water partition coefficient (Wildman–Crippen LogP) is 3.81. The van der Waals surface area contributed by atoms with Crippen molar-refractivity contribution < 1.29 is 36.1 Å². The summed E-state index contributed by atoms with van der Waals surface area (Å²) in [5.41, 5.74) is -4.94. The van der Waals surface area contributed by atoms with Crippen LogP contribution in [0.4, 0.5) is 22.0 Å². The number of rotatable bonds is 5. The molecule has 1 rings (SSSR count). The maximum Gasteiger partial charge on any atom is 0.434 e. The summed E-state index contributed by atoms with van der Waals surface area (Å²) in [6, 6.07) is 0. The quantitative estimate of drug-likeness (QED) is 0.812. The molecule has 0 aliphatic rings. The lowest BCUT2D eigenvalue weighted by molar-refractivity contribution is -0.142. The molecule has 0 aliphatic carbocycles. The third kappa shape index (κ3) is 3.85. The lowest BCUT2D eigenvalue weighted by atomic mass is 10.0. The first-order valence-electron chi connectivity index (χ1n) is 6.49. The van der Waals surface area contributed by atoms with E-state index in [4.69, 9.17) is 5.11 Å². The Morgan fingerprint density at radius 3 is 2.13 bits per heavy atom. The number of carboxylic acids is 1. The van der Waals surface area contributed by atoms with Crippen molar-refractivity contribution in [1.29, 1.82) is 0 Å². The summed E-state index contributed by atoms with van der Waals surface area (Å²) in [7, 11) is -2.11. The molecule has 1 unspecified atom stereocenters. The van der Waals surface area contributed by atoms with Gasteiger partial charge in [0, 0.05) is 5.25 Å². The van der Waals surface area contributed by atoms with Gasteiger partial charge in [-0.15, -0.1) is 0 Å². The minimum atomic E-state index is -5.22. The summed E-state index contributed by atoms with van der Waals surface area (Å²) >= 11 is 0. The number of carbonyl (C=O) groups is 1. The number of halogens is 5. The molecule has 1 N–H and O–H groups in total. The molecule has 1 aromatic heterocycles. The highest BCUT2D eigenvalue weighted by Crippen LogP contribution is 2.38. The summed E-state index contributed by atoms with van der Waals surface area (Å²) in [5.74, 6) is -1.95. The van der Waals surface area contributed by atoms with Crippen LogP contribution in [0.25, 0.3) is 0 Å². The Balaban J connectivity index is 4.00. The van der Waals surface area contributed by atoms with Gasteiger partial charge in [0.2, 0.25) is 0 Å². The van der Waals surface area contributed by atoms with Gasteiger partial charge in [0.25, 0.3) is 6.43 Å². The van der Waals surface area contributed by atoms with E-state index >= 15 is 0 Å². The number of pyridine rings is 1. The SMILES string of the molecule is CCc1c(C(=O)O)c(C(F)(F)F)nc(C(F)F)c1S(=O)C(C)C. The predicted molar refractivity (Wildman–Crippen MR) is 72.1 cm³/mol. The van der Waals surface area contributed by atoms with Crippen LogP contribution in [0, 0.1) is 0 Å². The Labute approximate surface area is 131 Å². The molecule has 0 aliphatic heterocycles. The zero-order valence-electron chi connectivity index (χ0n) is 12.4. The van der Waals surface area contributed by atoms with Crippen LogP contribution >= 0.6 is 0 Å². The second kappa shape index (κ2) is 6.90. The molecule has 0 fully saturated rings. The average molecular weight is 359 g/mol. The number of hydrogen-bond acceptors (Lipinski definition) is 3. The second-order valence-electron chi connectivity index (χ2n) is 4.83. The Kier molecular flexibility index (Phi) is 5.84. The molecule has 1 heterocycles. The van der Waals surface area contributed by atoms with Gasteiger partial charge in [-0.2, -0.15) is 13.2 Å². The van der Waals surface area contributed by atoms with E-state index in [1.807, 2.05) is 0 Å². The van der Waals surface area contributed by atoms with Crippen LogP contribution < -0.4 is 0 Å². The molecule has 0 saturated carbocycles.